The van der Waals surface area contributed by atoms with Crippen molar-refractivity contribution in [2.24, 2.45) is 23.7 Å². The van der Waals surface area contributed by atoms with Crippen LogP contribution in [0.4, 0.5) is 5.69 Å². The monoisotopic (exact) mass is 285 g/mol. The molecule has 4 aliphatic carbocycles. The van der Waals surface area contributed by atoms with Gasteiger partial charge in [-0.15, -0.1) is 0 Å². The third-order valence-electron chi connectivity index (χ3n) is 5.89. The Morgan fingerprint density at radius 3 is 2.14 bits per heavy atom. The summed E-state index contributed by atoms with van der Waals surface area (Å²) in [7, 11) is 0. The average Bonchev–Trinajstić information content (AvgIpc) is 2.49. The molecule has 114 valence electrons. The van der Waals surface area contributed by atoms with Crippen LogP contribution in [-0.2, 0) is 0 Å². The first-order chi connectivity index (χ1) is 10.3. The van der Waals surface area contributed by atoms with E-state index in [9.17, 15) is 0 Å². The largest absolute Gasteiger partial charge is 0.494 e. The number of rotatable bonds is 5. The summed E-state index contributed by atoms with van der Waals surface area (Å²) in [4.78, 5) is 0. The van der Waals surface area contributed by atoms with Crippen LogP contribution in [-0.4, -0.2) is 12.6 Å². The molecule has 1 aromatic carbocycles. The van der Waals surface area contributed by atoms with E-state index >= 15 is 0 Å². The smallest absolute Gasteiger partial charge is 0.119 e. The maximum atomic E-state index is 5.67. The molecule has 4 fully saturated rings. The third-order valence-corrected chi connectivity index (χ3v) is 5.89. The Morgan fingerprint density at radius 1 is 0.952 bits per heavy atom. The lowest BCUT2D eigenvalue weighted by Gasteiger charge is -2.54. The molecule has 0 heterocycles. The van der Waals surface area contributed by atoms with Gasteiger partial charge in [-0.25, -0.2) is 0 Å². The van der Waals surface area contributed by atoms with E-state index in [-0.39, 0.29) is 0 Å². The normalized spacial score (nSPS) is 36.7. The predicted molar refractivity (Wildman–Crippen MR) is 86.7 cm³/mol. The highest BCUT2D eigenvalue weighted by atomic mass is 16.5. The van der Waals surface area contributed by atoms with Crippen molar-refractivity contribution in [2.75, 3.05) is 11.9 Å². The lowest BCUT2D eigenvalue weighted by molar-refractivity contribution is 0.00754. The van der Waals surface area contributed by atoms with E-state index in [0.717, 1.165) is 48.5 Å². The summed E-state index contributed by atoms with van der Waals surface area (Å²) >= 11 is 0. The number of benzene rings is 1. The zero-order valence-electron chi connectivity index (χ0n) is 13.1. The van der Waals surface area contributed by atoms with E-state index in [0.29, 0.717) is 0 Å². The Morgan fingerprint density at radius 2 is 1.57 bits per heavy atom. The molecular weight excluding hydrogens is 258 g/mol. The first kappa shape index (κ1) is 13.5. The molecular formula is C19H27NO. The van der Waals surface area contributed by atoms with Crippen LogP contribution >= 0.6 is 0 Å². The van der Waals surface area contributed by atoms with Gasteiger partial charge in [0.05, 0.1) is 6.61 Å². The number of hydrogen-bond acceptors (Lipinski definition) is 2. The SMILES string of the molecule is CCCOc1ccc(NC2C3CC4CC(C3)CC2C4)cc1. The summed E-state index contributed by atoms with van der Waals surface area (Å²) in [6, 6.07) is 9.31. The molecule has 21 heavy (non-hydrogen) atoms. The maximum absolute atomic E-state index is 5.67. The van der Waals surface area contributed by atoms with E-state index in [2.05, 4.69) is 36.5 Å². The van der Waals surface area contributed by atoms with Crippen molar-refractivity contribution in [3.8, 4) is 5.75 Å². The number of nitrogens with one attached hydrogen (secondary N) is 1. The average molecular weight is 285 g/mol. The van der Waals surface area contributed by atoms with Gasteiger partial charge in [-0.05, 0) is 86.5 Å². The fraction of sp³-hybridized carbons (Fsp3) is 0.684. The van der Waals surface area contributed by atoms with E-state index in [1.807, 2.05) is 0 Å². The summed E-state index contributed by atoms with van der Waals surface area (Å²) in [5.41, 5.74) is 1.27. The molecule has 0 spiro atoms. The van der Waals surface area contributed by atoms with Crippen molar-refractivity contribution in [1.29, 1.82) is 0 Å². The summed E-state index contributed by atoms with van der Waals surface area (Å²) in [6.45, 7) is 2.95. The molecule has 0 atom stereocenters. The first-order valence-corrected chi connectivity index (χ1v) is 8.81. The van der Waals surface area contributed by atoms with Gasteiger partial charge in [-0.1, -0.05) is 6.92 Å². The quantitative estimate of drug-likeness (QED) is 0.845. The topological polar surface area (TPSA) is 21.3 Å². The van der Waals surface area contributed by atoms with Gasteiger partial charge in [0.1, 0.15) is 5.75 Å². The summed E-state index contributed by atoms with van der Waals surface area (Å²) in [5.74, 6) is 4.95. The zero-order chi connectivity index (χ0) is 14.2. The minimum atomic E-state index is 0.722. The second-order valence-electron chi connectivity index (χ2n) is 7.47. The van der Waals surface area contributed by atoms with E-state index in [4.69, 9.17) is 4.74 Å². The van der Waals surface area contributed by atoms with Gasteiger partial charge in [-0.2, -0.15) is 0 Å². The molecule has 0 saturated heterocycles. The Hall–Kier alpha value is -1.18. The number of hydrogen-bond donors (Lipinski definition) is 1. The van der Waals surface area contributed by atoms with Crippen molar-refractivity contribution in [2.45, 2.75) is 51.5 Å². The van der Waals surface area contributed by atoms with Crippen LogP contribution in [0.3, 0.4) is 0 Å². The van der Waals surface area contributed by atoms with Gasteiger partial charge in [0, 0.05) is 11.7 Å². The van der Waals surface area contributed by atoms with Crippen molar-refractivity contribution in [3.05, 3.63) is 24.3 Å². The van der Waals surface area contributed by atoms with Crippen LogP contribution in [0.2, 0.25) is 0 Å². The highest BCUT2D eigenvalue weighted by Crippen LogP contribution is 2.54. The predicted octanol–water partition coefficient (Wildman–Crippen LogP) is 4.71. The van der Waals surface area contributed by atoms with E-state index in [1.165, 1.54) is 37.8 Å². The Labute approximate surface area is 128 Å². The van der Waals surface area contributed by atoms with Crippen LogP contribution in [0.15, 0.2) is 24.3 Å². The lowest BCUT2D eigenvalue weighted by atomic mass is 9.54. The Kier molecular flexibility index (Phi) is 3.56. The van der Waals surface area contributed by atoms with E-state index < -0.39 is 0 Å². The zero-order valence-corrected chi connectivity index (χ0v) is 13.1. The maximum Gasteiger partial charge on any atom is 0.119 e. The molecule has 0 amide bonds. The molecule has 1 aromatic rings. The van der Waals surface area contributed by atoms with Gasteiger partial charge in [0.15, 0.2) is 0 Å². The first-order valence-electron chi connectivity index (χ1n) is 8.81. The van der Waals surface area contributed by atoms with Gasteiger partial charge < -0.3 is 10.1 Å². The molecule has 4 bridgehead atoms. The summed E-state index contributed by atoms with van der Waals surface area (Å²) in [6.07, 6.45) is 8.49. The van der Waals surface area contributed by atoms with Gasteiger partial charge >= 0.3 is 0 Å². The summed E-state index contributed by atoms with van der Waals surface area (Å²) < 4.78 is 5.67. The Bertz CT molecular complexity index is 453. The molecule has 2 heteroatoms. The van der Waals surface area contributed by atoms with Gasteiger partial charge in [-0.3, -0.25) is 0 Å². The van der Waals surface area contributed by atoms with Crippen molar-refractivity contribution >= 4 is 5.69 Å². The molecule has 4 saturated carbocycles. The van der Waals surface area contributed by atoms with Crippen LogP contribution in [0.5, 0.6) is 5.75 Å². The fourth-order valence-corrected chi connectivity index (χ4v) is 5.22. The molecule has 0 unspecified atom stereocenters. The molecule has 2 nitrogen and oxygen atoms in total. The minimum absolute atomic E-state index is 0.722. The molecule has 0 aliphatic heterocycles. The van der Waals surface area contributed by atoms with Crippen LogP contribution in [0.25, 0.3) is 0 Å². The lowest BCUT2D eigenvalue weighted by Crippen LogP contribution is -2.51. The number of ether oxygens (including phenoxy) is 1. The van der Waals surface area contributed by atoms with E-state index in [1.54, 1.807) is 0 Å². The Balaban J connectivity index is 1.41. The molecule has 1 N–H and O–H groups in total. The van der Waals surface area contributed by atoms with Crippen molar-refractivity contribution in [3.63, 3.8) is 0 Å². The van der Waals surface area contributed by atoms with Crippen molar-refractivity contribution in [1.82, 2.24) is 0 Å². The fourth-order valence-electron chi connectivity index (χ4n) is 5.22. The number of anilines is 1. The minimum Gasteiger partial charge on any atom is -0.494 e. The molecule has 4 aliphatic rings. The molecule has 5 rings (SSSR count). The highest BCUT2D eigenvalue weighted by Gasteiger charge is 2.48. The van der Waals surface area contributed by atoms with Gasteiger partial charge in [0.2, 0.25) is 0 Å². The standard InChI is InChI=1S/C19H27NO/c1-2-7-21-18-5-3-17(4-6-18)20-19-15-9-13-8-14(11-15)12-16(19)10-13/h3-6,13-16,19-20H,2,7-12H2,1H3. The second kappa shape index (κ2) is 5.55. The van der Waals surface area contributed by atoms with Gasteiger partial charge in [0.25, 0.3) is 0 Å². The summed E-state index contributed by atoms with van der Waals surface area (Å²) in [5, 5.41) is 3.85. The third kappa shape index (κ3) is 2.65. The van der Waals surface area contributed by atoms with Crippen LogP contribution in [0, 0.1) is 23.7 Å². The molecule has 0 aromatic heterocycles. The van der Waals surface area contributed by atoms with Crippen LogP contribution < -0.4 is 10.1 Å². The second-order valence-corrected chi connectivity index (χ2v) is 7.47. The highest BCUT2D eigenvalue weighted by molar-refractivity contribution is 5.47. The molecule has 0 radical (unpaired) electrons. The van der Waals surface area contributed by atoms with Crippen molar-refractivity contribution < 1.29 is 4.74 Å². The van der Waals surface area contributed by atoms with Crippen LogP contribution in [0.1, 0.15) is 45.4 Å².